The normalized spacial score (nSPS) is 25.8. The van der Waals surface area contributed by atoms with E-state index in [0.29, 0.717) is 11.8 Å². The number of hydrogen-bond acceptors (Lipinski definition) is 2. The van der Waals surface area contributed by atoms with Crippen LogP contribution >= 0.6 is 0 Å². The maximum absolute atomic E-state index is 6.63. The minimum Gasteiger partial charge on any atom is -0.399 e. The third-order valence-corrected chi connectivity index (χ3v) is 12.1. The lowest BCUT2D eigenvalue weighted by Crippen LogP contribution is -2.41. The Balaban J connectivity index is 1.23. The summed E-state index contributed by atoms with van der Waals surface area (Å²) in [7, 11) is -0.426. The van der Waals surface area contributed by atoms with Gasteiger partial charge in [-0.15, -0.1) is 0 Å². The van der Waals surface area contributed by atoms with Crippen LogP contribution in [0.1, 0.15) is 101 Å². The highest BCUT2D eigenvalue weighted by atomic mass is 16.7. The Bertz CT molecular complexity index is 1930. The summed E-state index contributed by atoms with van der Waals surface area (Å²) >= 11 is 0. The molecule has 2 atom stereocenters. The van der Waals surface area contributed by atoms with Crippen LogP contribution in [0, 0.1) is 5.92 Å². The Morgan fingerprint density at radius 2 is 1.41 bits per heavy atom. The SMILES string of the molecule is CC1(C)C2=CCC(c3cc(B4OC(C)(C)C(C)(C)O4)cc(C4=CC5C(C=C4)c4ccccc4C5(C)C)c3)=CC=C2c2ccccc21. The Morgan fingerprint density at radius 3 is 2.17 bits per heavy atom. The molecule has 0 amide bonds. The van der Waals surface area contributed by atoms with Crippen molar-refractivity contribution in [3.8, 4) is 0 Å². The first kappa shape index (κ1) is 29.7. The van der Waals surface area contributed by atoms with Crippen LogP contribution in [0.4, 0.5) is 0 Å². The zero-order valence-electron chi connectivity index (χ0n) is 28.6. The van der Waals surface area contributed by atoms with Crippen molar-refractivity contribution in [3.63, 3.8) is 0 Å². The summed E-state index contributed by atoms with van der Waals surface area (Å²) in [6.45, 7) is 18.1. The van der Waals surface area contributed by atoms with E-state index in [1.807, 2.05) is 0 Å². The highest BCUT2D eigenvalue weighted by Gasteiger charge is 2.52. The predicted octanol–water partition coefficient (Wildman–Crippen LogP) is 9.72. The molecule has 0 N–H and O–H groups in total. The molecule has 3 heteroatoms. The molecule has 3 aromatic carbocycles. The molecule has 1 aliphatic heterocycles. The maximum Gasteiger partial charge on any atom is 0.494 e. The molecular formula is C43H45BO2. The summed E-state index contributed by atoms with van der Waals surface area (Å²) in [6.07, 6.45) is 15.4. The Kier molecular flexibility index (Phi) is 6.41. The number of benzene rings is 3. The van der Waals surface area contributed by atoms with Gasteiger partial charge in [-0.1, -0.05) is 125 Å². The van der Waals surface area contributed by atoms with Gasteiger partial charge in [0.1, 0.15) is 0 Å². The third-order valence-electron chi connectivity index (χ3n) is 12.1. The highest BCUT2D eigenvalue weighted by molar-refractivity contribution is 6.62. The van der Waals surface area contributed by atoms with Crippen LogP contribution in [-0.2, 0) is 20.1 Å². The summed E-state index contributed by atoms with van der Waals surface area (Å²) in [6, 6.07) is 24.9. The molecule has 0 saturated carbocycles. The average molecular weight is 605 g/mol. The number of allylic oxidation sites excluding steroid dienone is 10. The van der Waals surface area contributed by atoms with Crippen molar-refractivity contribution in [3.05, 3.63) is 142 Å². The summed E-state index contributed by atoms with van der Waals surface area (Å²) in [5, 5.41) is 0. The minimum absolute atomic E-state index is 0.0126. The summed E-state index contributed by atoms with van der Waals surface area (Å²) in [4.78, 5) is 0. The molecule has 5 aliphatic rings. The van der Waals surface area contributed by atoms with Crippen LogP contribution in [-0.4, -0.2) is 18.3 Å². The van der Waals surface area contributed by atoms with E-state index in [0.717, 1.165) is 11.9 Å². The molecule has 8 rings (SSSR count). The van der Waals surface area contributed by atoms with Crippen molar-refractivity contribution in [2.75, 3.05) is 0 Å². The zero-order chi connectivity index (χ0) is 32.2. The van der Waals surface area contributed by atoms with Crippen molar-refractivity contribution in [2.45, 2.75) is 89.8 Å². The van der Waals surface area contributed by atoms with E-state index in [4.69, 9.17) is 9.31 Å². The van der Waals surface area contributed by atoms with Crippen LogP contribution in [0.25, 0.3) is 16.7 Å². The molecule has 0 spiro atoms. The van der Waals surface area contributed by atoms with Crippen molar-refractivity contribution >= 4 is 29.3 Å². The van der Waals surface area contributed by atoms with Gasteiger partial charge in [-0.3, -0.25) is 0 Å². The molecule has 46 heavy (non-hydrogen) atoms. The Hall–Kier alpha value is -3.66. The average Bonchev–Trinajstić information content (AvgIpc) is 3.37. The largest absolute Gasteiger partial charge is 0.494 e. The van der Waals surface area contributed by atoms with Gasteiger partial charge in [0.15, 0.2) is 0 Å². The lowest BCUT2D eigenvalue weighted by Gasteiger charge is -2.32. The van der Waals surface area contributed by atoms with Crippen LogP contribution in [0.5, 0.6) is 0 Å². The monoisotopic (exact) mass is 604 g/mol. The van der Waals surface area contributed by atoms with Crippen LogP contribution in [0.15, 0.2) is 109 Å². The molecule has 1 heterocycles. The van der Waals surface area contributed by atoms with Gasteiger partial charge in [0, 0.05) is 11.3 Å². The van der Waals surface area contributed by atoms with E-state index in [1.54, 1.807) is 0 Å². The van der Waals surface area contributed by atoms with Crippen LogP contribution in [0.3, 0.4) is 0 Å². The summed E-state index contributed by atoms with van der Waals surface area (Å²) in [5.41, 5.74) is 13.8. The second kappa shape index (κ2) is 9.92. The highest BCUT2D eigenvalue weighted by Crippen LogP contribution is 2.54. The minimum atomic E-state index is -0.426. The van der Waals surface area contributed by atoms with E-state index in [-0.39, 0.29) is 10.8 Å². The van der Waals surface area contributed by atoms with Gasteiger partial charge < -0.3 is 9.31 Å². The van der Waals surface area contributed by atoms with Crippen LogP contribution in [0.2, 0.25) is 0 Å². The fraction of sp³-hybridized carbons (Fsp3) is 0.349. The van der Waals surface area contributed by atoms with E-state index >= 15 is 0 Å². The maximum atomic E-state index is 6.63. The second-order valence-electron chi connectivity index (χ2n) is 16.0. The number of hydrogen-bond donors (Lipinski definition) is 0. The standard InChI is InChI=1S/C43H45BO2/c1-40(2)36-15-11-9-13-32(36)34-20-17-27(19-22-38(34)40)29-23-30(25-31(24-29)44-45-42(5,6)43(7,8)46-44)28-18-21-35-33-14-10-12-16-37(33)41(3,4)39(35)26-28/h9-18,20-26,35,39H,19H2,1-8H3. The van der Waals surface area contributed by atoms with Crippen LogP contribution < -0.4 is 5.46 Å². The molecule has 2 unspecified atom stereocenters. The molecule has 3 aromatic rings. The van der Waals surface area contributed by atoms with Crippen molar-refractivity contribution in [1.82, 2.24) is 0 Å². The molecule has 4 aliphatic carbocycles. The van der Waals surface area contributed by atoms with E-state index in [1.165, 1.54) is 55.7 Å². The molecule has 0 bridgehead atoms. The molecule has 1 fully saturated rings. The van der Waals surface area contributed by atoms with Crippen molar-refractivity contribution in [2.24, 2.45) is 5.92 Å². The quantitative estimate of drug-likeness (QED) is 0.277. The van der Waals surface area contributed by atoms with E-state index in [2.05, 4.69) is 159 Å². The molecular weight excluding hydrogens is 559 g/mol. The lowest BCUT2D eigenvalue weighted by molar-refractivity contribution is 0.00578. The van der Waals surface area contributed by atoms with Crippen molar-refractivity contribution < 1.29 is 9.31 Å². The van der Waals surface area contributed by atoms with Gasteiger partial charge in [-0.05, 0) is 113 Å². The first-order chi connectivity index (χ1) is 21.8. The van der Waals surface area contributed by atoms with E-state index in [9.17, 15) is 0 Å². The third kappa shape index (κ3) is 4.31. The first-order valence-electron chi connectivity index (χ1n) is 17.0. The second-order valence-corrected chi connectivity index (χ2v) is 16.0. The first-order valence-corrected chi connectivity index (χ1v) is 17.0. The smallest absolute Gasteiger partial charge is 0.399 e. The molecule has 0 aromatic heterocycles. The van der Waals surface area contributed by atoms with Gasteiger partial charge in [0.05, 0.1) is 11.2 Å². The van der Waals surface area contributed by atoms with E-state index < -0.39 is 18.3 Å². The number of fused-ring (bicyclic) bond motifs is 6. The number of rotatable bonds is 3. The van der Waals surface area contributed by atoms with Gasteiger partial charge in [-0.25, -0.2) is 0 Å². The molecule has 0 radical (unpaired) electrons. The fourth-order valence-corrected chi connectivity index (χ4v) is 8.61. The van der Waals surface area contributed by atoms with Crippen molar-refractivity contribution in [1.29, 1.82) is 0 Å². The van der Waals surface area contributed by atoms with Gasteiger partial charge >= 0.3 is 7.12 Å². The summed E-state index contributed by atoms with van der Waals surface area (Å²) in [5.74, 6) is 0.816. The Morgan fingerprint density at radius 1 is 0.739 bits per heavy atom. The predicted molar refractivity (Wildman–Crippen MR) is 193 cm³/mol. The van der Waals surface area contributed by atoms with Gasteiger partial charge in [0.2, 0.25) is 0 Å². The fourth-order valence-electron chi connectivity index (χ4n) is 8.61. The topological polar surface area (TPSA) is 18.5 Å². The van der Waals surface area contributed by atoms with Gasteiger partial charge in [0.25, 0.3) is 0 Å². The lowest BCUT2D eigenvalue weighted by atomic mass is 9.71. The van der Waals surface area contributed by atoms with Gasteiger partial charge in [-0.2, -0.15) is 0 Å². The molecule has 2 nitrogen and oxygen atoms in total. The zero-order valence-corrected chi connectivity index (χ0v) is 28.6. The molecule has 1 saturated heterocycles. The summed E-state index contributed by atoms with van der Waals surface area (Å²) < 4.78 is 13.3. The molecule has 232 valence electrons. The Labute approximate surface area is 275 Å².